The van der Waals surface area contributed by atoms with Gasteiger partial charge < -0.3 is 14.8 Å². The van der Waals surface area contributed by atoms with Crippen LogP contribution in [0.1, 0.15) is 25.1 Å². The summed E-state index contributed by atoms with van der Waals surface area (Å²) in [6.07, 6.45) is 2.49. The van der Waals surface area contributed by atoms with Crippen LogP contribution in [0, 0.1) is 6.92 Å². The molecule has 0 saturated heterocycles. The molecule has 0 aromatic carbocycles. The van der Waals surface area contributed by atoms with Gasteiger partial charge in [-0.1, -0.05) is 6.92 Å². The topological polar surface area (TPSA) is 91.2 Å². The maximum Gasteiger partial charge on any atom is 0.222 e. The molecule has 3 heterocycles. The lowest BCUT2D eigenvalue weighted by molar-refractivity contribution is -0.114. The molecule has 0 atom stereocenters. The van der Waals surface area contributed by atoms with E-state index in [1.165, 1.54) is 6.92 Å². The Morgan fingerprint density at radius 3 is 2.78 bits per heavy atom. The maximum atomic E-state index is 11.4. The summed E-state index contributed by atoms with van der Waals surface area (Å²) in [7, 11) is 1.63. The minimum atomic E-state index is -0.175. The third kappa shape index (κ3) is 4.22. The molecule has 0 fully saturated rings. The van der Waals surface area contributed by atoms with Crippen LogP contribution in [0.3, 0.4) is 0 Å². The van der Waals surface area contributed by atoms with Crippen molar-refractivity contribution in [1.29, 1.82) is 0 Å². The van der Waals surface area contributed by atoms with E-state index in [0.29, 0.717) is 30.7 Å². The molecule has 1 N–H and O–H groups in total. The predicted molar refractivity (Wildman–Crippen MR) is 102 cm³/mol. The number of ether oxygens (including phenoxy) is 2. The number of rotatable bonds is 7. The van der Waals surface area contributed by atoms with Crippen molar-refractivity contribution in [2.24, 2.45) is 0 Å². The van der Waals surface area contributed by atoms with E-state index < -0.39 is 0 Å². The van der Waals surface area contributed by atoms with Crippen LogP contribution >= 0.6 is 0 Å². The first kappa shape index (κ1) is 18.8. The summed E-state index contributed by atoms with van der Waals surface area (Å²) in [6.45, 7) is 6.37. The molecule has 0 aliphatic rings. The van der Waals surface area contributed by atoms with Crippen LogP contribution in [-0.2, 0) is 16.0 Å². The minimum Gasteiger partial charge on any atom is -0.475 e. The lowest BCUT2D eigenvalue weighted by Gasteiger charge is -2.09. The second-order valence-corrected chi connectivity index (χ2v) is 6.16. The summed E-state index contributed by atoms with van der Waals surface area (Å²) in [5, 5.41) is 8.34. The van der Waals surface area contributed by atoms with Crippen LogP contribution in [0.5, 0.6) is 5.88 Å². The smallest absolute Gasteiger partial charge is 0.222 e. The number of hydrogen-bond donors (Lipinski definition) is 1. The first-order valence-electron chi connectivity index (χ1n) is 8.78. The van der Waals surface area contributed by atoms with Gasteiger partial charge in [-0.15, -0.1) is 0 Å². The number of pyridine rings is 2. The number of nitrogens with zero attached hydrogens (tertiary/aromatic N) is 4. The molecule has 0 radical (unpaired) electrons. The third-order valence-corrected chi connectivity index (χ3v) is 3.97. The fourth-order valence-corrected chi connectivity index (χ4v) is 2.78. The number of hydrogen-bond acceptors (Lipinski definition) is 6. The van der Waals surface area contributed by atoms with Crippen LogP contribution in [0.15, 0.2) is 24.4 Å². The van der Waals surface area contributed by atoms with Crippen molar-refractivity contribution in [3.8, 4) is 11.7 Å². The lowest BCUT2D eigenvalue weighted by atomic mass is 10.2. The van der Waals surface area contributed by atoms with E-state index in [2.05, 4.69) is 15.3 Å². The minimum absolute atomic E-state index is 0.175. The molecule has 3 aromatic heterocycles. The van der Waals surface area contributed by atoms with Crippen molar-refractivity contribution in [2.45, 2.75) is 27.2 Å². The number of aromatic nitrogens is 4. The molecule has 0 aliphatic carbocycles. The maximum absolute atomic E-state index is 11.4. The van der Waals surface area contributed by atoms with Crippen LogP contribution in [-0.4, -0.2) is 46.0 Å². The van der Waals surface area contributed by atoms with E-state index in [4.69, 9.17) is 14.6 Å². The van der Waals surface area contributed by atoms with Gasteiger partial charge in [-0.25, -0.2) is 9.67 Å². The highest BCUT2D eigenvalue weighted by Gasteiger charge is 2.15. The quantitative estimate of drug-likeness (QED) is 0.644. The van der Waals surface area contributed by atoms with Crippen molar-refractivity contribution < 1.29 is 14.3 Å². The van der Waals surface area contributed by atoms with Crippen molar-refractivity contribution in [1.82, 2.24) is 19.7 Å². The van der Waals surface area contributed by atoms with Gasteiger partial charge >= 0.3 is 0 Å². The zero-order chi connectivity index (χ0) is 19.4. The van der Waals surface area contributed by atoms with Gasteiger partial charge in [0.25, 0.3) is 0 Å². The van der Waals surface area contributed by atoms with Gasteiger partial charge in [0, 0.05) is 37.7 Å². The Hall–Kier alpha value is -3.00. The van der Waals surface area contributed by atoms with Gasteiger partial charge in [-0.2, -0.15) is 10.1 Å². The Labute approximate surface area is 157 Å². The molecule has 0 aliphatic heterocycles. The summed E-state index contributed by atoms with van der Waals surface area (Å²) < 4.78 is 12.4. The Morgan fingerprint density at radius 2 is 2.07 bits per heavy atom. The molecule has 3 rings (SSSR count). The number of aryl methyl sites for hydroxylation is 2. The van der Waals surface area contributed by atoms with E-state index in [-0.39, 0.29) is 5.91 Å². The normalized spacial score (nSPS) is 11.0. The SMILES string of the molecule is CCc1nn(-c2cc(C)cc(OCCOC)n2)c2cc(NC(C)=O)ncc12. The van der Waals surface area contributed by atoms with Crippen LogP contribution in [0.2, 0.25) is 0 Å². The zero-order valence-electron chi connectivity index (χ0n) is 15.9. The fourth-order valence-electron chi connectivity index (χ4n) is 2.78. The van der Waals surface area contributed by atoms with Crippen LogP contribution in [0.25, 0.3) is 16.7 Å². The molecule has 0 spiro atoms. The third-order valence-electron chi connectivity index (χ3n) is 3.97. The standard InChI is InChI=1S/C19H23N5O3/c1-5-15-14-11-20-17(21-13(3)25)10-16(14)24(23-15)18-8-12(2)9-19(22-18)27-7-6-26-4/h8-11H,5-7H2,1-4H3,(H,20,21,25). The summed E-state index contributed by atoms with van der Waals surface area (Å²) in [4.78, 5) is 20.2. The molecule has 142 valence electrons. The molecule has 8 heteroatoms. The molecule has 1 amide bonds. The Kier molecular flexibility index (Phi) is 5.66. The highest BCUT2D eigenvalue weighted by Crippen LogP contribution is 2.25. The molecular weight excluding hydrogens is 346 g/mol. The second kappa shape index (κ2) is 8.13. The lowest BCUT2D eigenvalue weighted by Crippen LogP contribution is -2.09. The molecule has 3 aromatic rings. The fraction of sp³-hybridized carbons (Fsp3) is 0.368. The van der Waals surface area contributed by atoms with Crippen LogP contribution < -0.4 is 10.1 Å². The number of nitrogens with one attached hydrogen (secondary N) is 1. The number of anilines is 1. The van der Waals surface area contributed by atoms with E-state index in [1.807, 2.05) is 26.0 Å². The van der Waals surface area contributed by atoms with Gasteiger partial charge in [-0.3, -0.25) is 4.79 Å². The van der Waals surface area contributed by atoms with Gasteiger partial charge in [0.1, 0.15) is 12.4 Å². The first-order valence-corrected chi connectivity index (χ1v) is 8.78. The van der Waals surface area contributed by atoms with Gasteiger partial charge in [-0.05, 0) is 25.0 Å². The zero-order valence-corrected chi connectivity index (χ0v) is 15.9. The molecule has 27 heavy (non-hydrogen) atoms. The average Bonchev–Trinajstić information content (AvgIpc) is 2.99. The van der Waals surface area contributed by atoms with Gasteiger partial charge in [0.15, 0.2) is 5.82 Å². The summed E-state index contributed by atoms with van der Waals surface area (Å²) in [5.41, 5.74) is 2.74. The Bertz CT molecular complexity index is 967. The van der Waals surface area contributed by atoms with Gasteiger partial charge in [0.05, 0.1) is 17.8 Å². The summed E-state index contributed by atoms with van der Waals surface area (Å²) in [6, 6.07) is 5.61. The monoisotopic (exact) mass is 369 g/mol. The van der Waals surface area contributed by atoms with E-state index >= 15 is 0 Å². The molecule has 0 saturated carbocycles. The van der Waals surface area contributed by atoms with E-state index in [0.717, 1.165) is 28.6 Å². The molecule has 8 nitrogen and oxygen atoms in total. The molecular formula is C19H23N5O3. The average molecular weight is 369 g/mol. The highest BCUT2D eigenvalue weighted by atomic mass is 16.5. The number of fused-ring (bicyclic) bond motifs is 1. The Balaban J connectivity index is 2.08. The van der Waals surface area contributed by atoms with E-state index in [1.54, 1.807) is 24.1 Å². The summed E-state index contributed by atoms with van der Waals surface area (Å²) in [5.74, 6) is 1.46. The van der Waals surface area contributed by atoms with Gasteiger partial charge in [0.2, 0.25) is 11.8 Å². The largest absolute Gasteiger partial charge is 0.475 e. The number of amides is 1. The van der Waals surface area contributed by atoms with Crippen molar-refractivity contribution in [2.75, 3.05) is 25.6 Å². The molecule has 0 unspecified atom stereocenters. The van der Waals surface area contributed by atoms with E-state index in [9.17, 15) is 4.79 Å². The second-order valence-electron chi connectivity index (χ2n) is 6.16. The molecule has 0 bridgehead atoms. The van der Waals surface area contributed by atoms with Crippen molar-refractivity contribution >= 4 is 22.6 Å². The first-order chi connectivity index (χ1) is 13.0. The Morgan fingerprint density at radius 1 is 1.26 bits per heavy atom. The predicted octanol–water partition coefficient (Wildman–Crippen LogP) is 2.67. The van der Waals surface area contributed by atoms with Crippen molar-refractivity contribution in [3.05, 3.63) is 35.7 Å². The number of carbonyl (C=O) groups excluding carboxylic acids is 1. The highest BCUT2D eigenvalue weighted by molar-refractivity contribution is 5.91. The van der Waals surface area contributed by atoms with Crippen LogP contribution in [0.4, 0.5) is 5.82 Å². The number of carbonyl (C=O) groups is 1. The van der Waals surface area contributed by atoms with Crippen molar-refractivity contribution in [3.63, 3.8) is 0 Å². The number of methoxy groups -OCH3 is 1. The summed E-state index contributed by atoms with van der Waals surface area (Å²) >= 11 is 0.